The van der Waals surface area contributed by atoms with Crippen LogP contribution in [0.3, 0.4) is 0 Å². The zero-order chi connectivity index (χ0) is 12.8. The van der Waals surface area contributed by atoms with Gasteiger partial charge >= 0.3 is 5.97 Å². The first-order valence-electron chi connectivity index (χ1n) is 6.54. The van der Waals surface area contributed by atoms with Crippen molar-refractivity contribution in [3.63, 3.8) is 0 Å². The van der Waals surface area contributed by atoms with Crippen molar-refractivity contribution in [3.8, 4) is 0 Å². The van der Waals surface area contributed by atoms with Gasteiger partial charge in [-0.15, -0.1) is 0 Å². The molecule has 0 radical (unpaired) electrons. The van der Waals surface area contributed by atoms with E-state index in [1.807, 2.05) is 31.2 Å². The number of carbonyl (C=O) groups excluding carboxylic acids is 1. The van der Waals surface area contributed by atoms with Crippen LogP contribution in [-0.4, -0.2) is 38.8 Å². The fraction of sp³-hybridized carbons (Fsp3) is 0.500. The summed E-state index contributed by atoms with van der Waals surface area (Å²) >= 11 is 0. The Hall–Kier alpha value is -1.55. The summed E-state index contributed by atoms with van der Waals surface area (Å²) in [6, 6.07) is 7.69. The maximum atomic E-state index is 11.8. The van der Waals surface area contributed by atoms with Crippen molar-refractivity contribution in [3.05, 3.63) is 29.8 Å². The van der Waals surface area contributed by atoms with E-state index >= 15 is 0 Å². The molecule has 18 heavy (non-hydrogen) atoms. The molecule has 1 fully saturated rings. The molecule has 0 atom stereocenters. The molecule has 1 aromatic rings. The van der Waals surface area contributed by atoms with E-state index in [2.05, 4.69) is 10.2 Å². The molecule has 0 bridgehead atoms. The van der Waals surface area contributed by atoms with E-state index in [0.717, 1.165) is 38.3 Å². The summed E-state index contributed by atoms with van der Waals surface area (Å²) in [6.45, 7) is 6.41. The molecule has 1 aliphatic rings. The lowest BCUT2D eigenvalue weighted by Gasteiger charge is -2.29. The smallest absolute Gasteiger partial charge is 0.338 e. The molecule has 1 heterocycles. The zero-order valence-electron chi connectivity index (χ0n) is 10.8. The minimum Gasteiger partial charge on any atom is -0.462 e. The summed E-state index contributed by atoms with van der Waals surface area (Å²) in [7, 11) is 0. The SMILES string of the molecule is CCCOC(=O)c1cccc(N2CCNCC2)c1. The molecule has 0 unspecified atom stereocenters. The van der Waals surface area contributed by atoms with Gasteiger partial charge in [-0.1, -0.05) is 13.0 Å². The third-order valence-electron chi connectivity index (χ3n) is 3.00. The van der Waals surface area contributed by atoms with E-state index in [4.69, 9.17) is 4.74 Å². The van der Waals surface area contributed by atoms with Gasteiger partial charge in [-0.2, -0.15) is 0 Å². The number of nitrogens with one attached hydrogen (secondary N) is 1. The minimum atomic E-state index is -0.228. The minimum absolute atomic E-state index is 0.228. The Bertz CT molecular complexity index is 401. The predicted octanol–water partition coefficient (Wildman–Crippen LogP) is 1.66. The second-order valence-electron chi connectivity index (χ2n) is 4.42. The number of hydrogen-bond donors (Lipinski definition) is 1. The topological polar surface area (TPSA) is 41.6 Å². The van der Waals surface area contributed by atoms with Crippen molar-refractivity contribution < 1.29 is 9.53 Å². The van der Waals surface area contributed by atoms with E-state index in [-0.39, 0.29) is 5.97 Å². The zero-order valence-corrected chi connectivity index (χ0v) is 10.8. The Morgan fingerprint density at radius 3 is 2.89 bits per heavy atom. The van der Waals surface area contributed by atoms with Gasteiger partial charge in [0, 0.05) is 31.9 Å². The molecule has 0 aliphatic carbocycles. The number of rotatable bonds is 4. The molecule has 1 saturated heterocycles. The Morgan fingerprint density at radius 2 is 2.17 bits per heavy atom. The number of anilines is 1. The fourth-order valence-electron chi connectivity index (χ4n) is 2.03. The van der Waals surface area contributed by atoms with Gasteiger partial charge in [-0.05, 0) is 24.6 Å². The molecule has 1 N–H and O–H groups in total. The van der Waals surface area contributed by atoms with Crippen LogP contribution in [0.25, 0.3) is 0 Å². The molecule has 1 aliphatic heterocycles. The van der Waals surface area contributed by atoms with Crippen LogP contribution in [-0.2, 0) is 4.74 Å². The van der Waals surface area contributed by atoms with Crippen molar-refractivity contribution >= 4 is 11.7 Å². The lowest BCUT2D eigenvalue weighted by molar-refractivity contribution is 0.0505. The number of nitrogens with zero attached hydrogens (tertiary/aromatic N) is 1. The molecule has 0 spiro atoms. The van der Waals surface area contributed by atoms with Gasteiger partial charge in [-0.3, -0.25) is 0 Å². The van der Waals surface area contributed by atoms with Gasteiger partial charge in [0.2, 0.25) is 0 Å². The van der Waals surface area contributed by atoms with E-state index in [1.54, 1.807) is 0 Å². The molecular weight excluding hydrogens is 228 g/mol. The summed E-state index contributed by atoms with van der Waals surface area (Å²) in [4.78, 5) is 14.1. The number of hydrogen-bond acceptors (Lipinski definition) is 4. The Balaban J connectivity index is 2.06. The Labute approximate surface area is 108 Å². The van der Waals surface area contributed by atoms with Crippen LogP contribution < -0.4 is 10.2 Å². The van der Waals surface area contributed by atoms with Crippen LogP contribution in [0, 0.1) is 0 Å². The highest BCUT2D eigenvalue weighted by atomic mass is 16.5. The Kier molecular flexibility index (Phi) is 4.59. The second-order valence-corrected chi connectivity index (χ2v) is 4.42. The first-order valence-corrected chi connectivity index (χ1v) is 6.54. The van der Waals surface area contributed by atoms with Gasteiger partial charge in [0.1, 0.15) is 0 Å². The van der Waals surface area contributed by atoms with Crippen LogP contribution >= 0.6 is 0 Å². The van der Waals surface area contributed by atoms with E-state index < -0.39 is 0 Å². The first kappa shape index (κ1) is 12.9. The third-order valence-corrected chi connectivity index (χ3v) is 3.00. The molecular formula is C14H20N2O2. The highest BCUT2D eigenvalue weighted by molar-refractivity contribution is 5.90. The van der Waals surface area contributed by atoms with Gasteiger partial charge in [-0.25, -0.2) is 4.79 Å². The molecule has 98 valence electrons. The van der Waals surface area contributed by atoms with E-state index in [9.17, 15) is 4.79 Å². The van der Waals surface area contributed by atoms with Gasteiger partial charge in [0.05, 0.1) is 12.2 Å². The van der Waals surface area contributed by atoms with E-state index in [0.29, 0.717) is 12.2 Å². The van der Waals surface area contributed by atoms with Crippen molar-refractivity contribution in [2.45, 2.75) is 13.3 Å². The molecule has 1 aromatic carbocycles. The van der Waals surface area contributed by atoms with Crippen molar-refractivity contribution in [1.82, 2.24) is 5.32 Å². The quantitative estimate of drug-likeness (QED) is 0.823. The Morgan fingerprint density at radius 1 is 1.39 bits per heavy atom. The number of esters is 1. The average molecular weight is 248 g/mol. The number of carbonyl (C=O) groups is 1. The van der Waals surface area contributed by atoms with Gasteiger partial charge < -0.3 is 15.0 Å². The first-order chi connectivity index (χ1) is 8.81. The fourth-order valence-corrected chi connectivity index (χ4v) is 2.03. The highest BCUT2D eigenvalue weighted by Gasteiger charge is 2.13. The lowest BCUT2D eigenvalue weighted by Crippen LogP contribution is -2.43. The molecule has 0 saturated carbocycles. The maximum absolute atomic E-state index is 11.8. The summed E-state index contributed by atoms with van der Waals surface area (Å²) in [5.74, 6) is -0.228. The largest absolute Gasteiger partial charge is 0.462 e. The summed E-state index contributed by atoms with van der Waals surface area (Å²) in [6.07, 6.45) is 0.850. The highest BCUT2D eigenvalue weighted by Crippen LogP contribution is 2.17. The molecule has 0 aromatic heterocycles. The van der Waals surface area contributed by atoms with Crippen LogP contribution in [0.2, 0.25) is 0 Å². The van der Waals surface area contributed by atoms with Crippen molar-refractivity contribution in [1.29, 1.82) is 0 Å². The standard InChI is InChI=1S/C14H20N2O2/c1-2-10-18-14(17)12-4-3-5-13(11-12)16-8-6-15-7-9-16/h3-5,11,15H,2,6-10H2,1H3. The third kappa shape index (κ3) is 3.23. The monoisotopic (exact) mass is 248 g/mol. The van der Waals surface area contributed by atoms with Crippen LogP contribution in [0.15, 0.2) is 24.3 Å². The number of benzene rings is 1. The van der Waals surface area contributed by atoms with Gasteiger partial charge in [0.25, 0.3) is 0 Å². The molecule has 0 amide bonds. The number of piperazine rings is 1. The summed E-state index contributed by atoms with van der Waals surface area (Å²) in [5.41, 5.74) is 1.74. The van der Waals surface area contributed by atoms with Crippen molar-refractivity contribution in [2.75, 3.05) is 37.7 Å². The van der Waals surface area contributed by atoms with Crippen LogP contribution in [0.1, 0.15) is 23.7 Å². The molecule has 4 heteroatoms. The maximum Gasteiger partial charge on any atom is 0.338 e. The van der Waals surface area contributed by atoms with Crippen LogP contribution in [0.4, 0.5) is 5.69 Å². The van der Waals surface area contributed by atoms with E-state index in [1.165, 1.54) is 0 Å². The normalized spacial score (nSPS) is 15.5. The van der Waals surface area contributed by atoms with Gasteiger partial charge in [0.15, 0.2) is 0 Å². The summed E-state index contributed by atoms with van der Waals surface area (Å²) < 4.78 is 5.15. The van der Waals surface area contributed by atoms with Crippen LogP contribution in [0.5, 0.6) is 0 Å². The lowest BCUT2D eigenvalue weighted by atomic mass is 10.1. The predicted molar refractivity (Wildman–Crippen MR) is 72.1 cm³/mol. The molecule has 4 nitrogen and oxygen atoms in total. The average Bonchev–Trinajstić information content (AvgIpc) is 2.46. The second kappa shape index (κ2) is 6.40. The summed E-state index contributed by atoms with van der Waals surface area (Å²) in [5, 5.41) is 3.32. The number of ether oxygens (including phenoxy) is 1. The van der Waals surface area contributed by atoms with Crippen molar-refractivity contribution in [2.24, 2.45) is 0 Å². The molecule has 2 rings (SSSR count).